The maximum atomic E-state index is 12.4. The highest BCUT2D eigenvalue weighted by Gasteiger charge is 2.44. The number of rotatable bonds is 1. The first-order valence-corrected chi connectivity index (χ1v) is 4.35. The summed E-state index contributed by atoms with van der Waals surface area (Å²) < 4.78 is 112. The van der Waals surface area contributed by atoms with Gasteiger partial charge in [0.1, 0.15) is 5.75 Å². The van der Waals surface area contributed by atoms with E-state index in [2.05, 4.69) is 4.74 Å². The van der Waals surface area contributed by atoms with Crippen LogP contribution in [-0.4, -0.2) is 6.36 Å². The fraction of sp³-hybridized carbons (Fsp3) is 0.333. The zero-order valence-electron chi connectivity index (χ0n) is 8.54. The molecule has 10 heteroatoms. The van der Waals surface area contributed by atoms with E-state index in [0.717, 1.165) is 0 Å². The van der Waals surface area contributed by atoms with E-state index in [4.69, 9.17) is 0 Å². The number of hydrogen-bond acceptors (Lipinski definition) is 1. The van der Waals surface area contributed by atoms with Crippen molar-refractivity contribution in [3.63, 3.8) is 0 Å². The number of alkyl halides is 9. The Hall–Kier alpha value is -1.61. The number of ether oxygens (including phenoxy) is 1. The van der Waals surface area contributed by atoms with Crippen LogP contribution in [0.15, 0.2) is 18.2 Å². The van der Waals surface area contributed by atoms with Crippen molar-refractivity contribution in [2.24, 2.45) is 0 Å². The summed E-state index contributed by atoms with van der Waals surface area (Å²) in [5.74, 6) is -1.38. The van der Waals surface area contributed by atoms with Crippen molar-refractivity contribution in [2.75, 3.05) is 0 Å². The van der Waals surface area contributed by atoms with Gasteiger partial charge in [0.15, 0.2) is 0 Å². The molecule has 0 aliphatic rings. The second kappa shape index (κ2) is 4.49. The molecule has 0 saturated carbocycles. The molecule has 1 aromatic carbocycles. The average molecular weight is 298 g/mol. The molecule has 0 N–H and O–H groups in total. The zero-order valence-corrected chi connectivity index (χ0v) is 8.54. The van der Waals surface area contributed by atoms with E-state index in [1.807, 2.05) is 0 Å². The molecule has 1 aromatic rings. The summed E-state index contributed by atoms with van der Waals surface area (Å²) in [6.07, 6.45) is -16.1. The van der Waals surface area contributed by atoms with E-state index in [1.54, 1.807) is 0 Å². The Morgan fingerprint density at radius 1 is 0.684 bits per heavy atom. The van der Waals surface area contributed by atoms with Crippen molar-refractivity contribution in [1.29, 1.82) is 0 Å². The first kappa shape index (κ1) is 15.4. The minimum absolute atomic E-state index is 0.121. The van der Waals surface area contributed by atoms with Gasteiger partial charge < -0.3 is 4.74 Å². The van der Waals surface area contributed by atoms with Gasteiger partial charge >= 0.3 is 18.7 Å². The summed E-state index contributed by atoms with van der Waals surface area (Å²) in [5.41, 5.74) is -4.34. The van der Waals surface area contributed by atoms with Crippen LogP contribution in [0.5, 0.6) is 5.75 Å². The second-order valence-corrected chi connectivity index (χ2v) is 3.25. The second-order valence-electron chi connectivity index (χ2n) is 3.25. The van der Waals surface area contributed by atoms with Gasteiger partial charge in [0.2, 0.25) is 0 Å². The average Bonchev–Trinajstić information content (AvgIpc) is 2.11. The van der Waals surface area contributed by atoms with Gasteiger partial charge in [0.05, 0.1) is 11.1 Å². The van der Waals surface area contributed by atoms with E-state index in [0.29, 0.717) is 0 Å². The van der Waals surface area contributed by atoms with Crippen molar-refractivity contribution in [2.45, 2.75) is 18.7 Å². The summed E-state index contributed by atoms with van der Waals surface area (Å²) in [4.78, 5) is 0. The highest BCUT2D eigenvalue weighted by Crippen LogP contribution is 2.42. The van der Waals surface area contributed by atoms with Crippen molar-refractivity contribution in [1.82, 2.24) is 0 Å². The number of hydrogen-bond donors (Lipinski definition) is 0. The lowest BCUT2D eigenvalue weighted by molar-refractivity contribution is -0.274. The molecule has 0 fully saturated rings. The SMILES string of the molecule is FC(F)(F)Oc1ccc(C(F)(F)F)c(C(F)(F)F)c1. The maximum absolute atomic E-state index is 12.4. The lowest BCUT2D eigenvalue weighted by Gasteiger charge is -2.17. The summed E-state index contributed by atoms with van der Waals surface area (Å²) in [7, 11) is 0. The Kier molecular flexibility index (Phi) is 3.65. The number of halogens is 9. The predicted molar refractivity (Wildman–Crippen MR) is 43.1 cm³/mol. The third-order valence-corrected chi connectivity index (χ3v) is 1.84. The van der Waals surface area contributed by atoms with Gasteiger partial charge in [-0.3, -0.25) is 0 Å². The normalized spacial score (nSPS) is 13.5. The molecule has 19 heavy (non-hydrogen) atoms. The van der Waals surface area contributed by atoms with Crippen LogP contribution in [0, 0.1) is 0 Å². The van der Waals surface area contributed by atoms with Crippen molar-refractivity contribution in [3.05, 3.63) is 29.3 Å². The molecule has 0 radical (unpaired) electrons. The smallest absolute Gasteiger partial charge is 0.406 e. The molecular weight excluding hydrogens is 295 g/mol. The standard InChI is InChI=1S/C9H3F9O/c10-7(11,12)5-2-1-4(19-9(16,17)18)3-6(5)8(13,14)15/h1-3H. The molecule has 1 rings (SSSR count). The van der Waals surface area contributed by atoms with Crippen LogP contribution in [0.1, 0.15) is 11.1 Å². The van der Waals surface area contributed by atoms with Crippen LogP contribution in [0.3, 0.4) is 0 Å². The Morgan fingerprint density at radius 2 is 1.16 bits per heavy atom. The lowest BCUT2D eigenvalue weighted by atomic mass is 10.1. The van der Waals surface area contributed by atoms with Crippen molar-refractivity contribution >= 4 is 0 Å². The van der Waals surface area contributed by atoms with Crippen LogP contribution in [0.25, 0.3) is 0 Å². The Morgan fingerprint density at radius 3 is 1.53 bits per heavy atom. The Labute approximate surface area is 99.1 Å². The van der Waals surface area contributed by atoms with Gasteiger partial charge in [0, 0.05) is 0 Å². The molecule has 0 bridgehead atoms. The Bertz CT molecular complexity index is 454. The molecule has 0 aliphatic heterocycles. The van der Waals surface area contributed by atoms with Crippen LogP contribution < -0.4 is 4.74 Å². The topological polar surface area (TPSA) is 9.23 Å². The highest BCUT2D eigenvalue weighted by molar-refractivity contribution is 5.39. The Balaban J connectivity index is 3.33. The van der Waals surface area contributed by atoms with E-state index in [1.165, 1.54) is 0 Å². The summed E-state index contributed by atoms with van der Waals surface area (Å²) in [5, 5.41) is 0. The lowest BCUT2D eigenvalue weighted by Crippen LogP contribution is -2.20. The van der Waals surface area contributed by atoms with E-state index >= 15 is 0 Å². The van der Waals surface area contributed by atoms with Gasteiger partial charge in [-0.2, -0.15) is 26.3 Å². The molecule has 1 nitrogen and oxygen atoms in total. The predicted octanol–water partition coefficient (Wildman–Crippen LogP) is 4.62. The van der Waals surface area contributed by atoms with Crippen LogP contribution >= 0.6 is 0 Å². The van der Waals surface area contributed by atoms with Crippen LogP contribution in [-0.2, 0) is 12.4 Å². The monoisotopic (exact) mass is 298 g/mol. The molecule has 0 unspecified atom stereocenters. The quantitative estimate of drug-likeness (QED) is 0.687. The fourth-order valence-corrected chi connectivity index (χ4v) is 1.20. The van der Waals surface area contributed by atoms with Gasteiger partial charge in [-0.05, 0) is 18.2 Å². The largest absolute Gasteiger partial charge is 0.573 e. The molecule has 0 amide bonds. The molecular formula is C9H3F9O. The summed E-state index contributed by atoms with van der Waals surface area (Å²) in [6.45, 7) is 0. The summed E-state index contributed by atoms with van der Waals surface area (Å²) in [6, 6.07) is -0.314. The molecule has 0 spiro atoms. The van der Waals surface area contributed by atoms with Crippen LogP contribution in [0.4, 0.5) is 39.5 Å². The van der Waals surface area contributed by atoms with E-state index in [9.17, 15) is 39.5 Å². The molecule has 0 atom stereocenters. The molecule has 108 valence electrons. The minimum atomic E-state index is -5.46. The van der Waals surface area contributed by atoms with Crippen LogP contribution in [0.2, 0.25) is 0 Å². The van der Waals surface area contributed by atoms with Crippen molar-refractivity contribution in [3.8, 4) is 5.75 Å². The minimum Gasteiger partial charge on any atom is -0.406 e. The van der Waals surface area contributed by atoms with Crippen molar-refractivity contribution < 1.29 is 44.3 Å². The molecule has 0 aromatic heterocycles. The highest BCUT2D eigenvalue weighted by atomic mass is 19.4. The van der Waals surface area contributed by atoms with Gasteiger partial charge in [0.25, 0.3) is 0 Å². The third kappa shape index (κ3) is 4.21. The van der Waals surface area contributed by atoms with Gasteiger partial charge in [-0.1, -0.05) is 0 Å². The van der Waals surface area contributed by atoms with E-state index in [-0.39, 0.29) is 18.2 Å². The first-order valence-electron chi connectivity index (χ1n) is 4.35. The fourth-order valence-electron chi connectivity index (χ4n) is 1.20. The third-order valence-electron chi connectivity index (χ3n) is 1.84. The maximum Gasteiger partial charge on any atom is 0.573 e. The van der Waals surface area contributed by atoms with E-state index < -0.39 is 35.6 Å². The van der Waals surface area contributed by atoms with Gasteiger partial charge in [-0.25, -0.2) is 0 Å². The molecule has 0 saturated heterocycles. The zero-order chi connectivity index (χ0) is 15.1. The first-order chi connectivity index (χ1) is 8.31. The molecule has 0 aliphatic carbocycles. The number of benzene rings is 1. The molecule has 0 heterocycles. The summed E-state index contributed by atoms with van der Waals surface area (Å²) >= 11 is 0. The van der Waals surface area contributed by atoms with Gasteiger partial charge in [-0.15, -0.1) is 13.2 Å².